The molecule has 0 aliphatic carbocycles. The zero-order valence-corrected chi connectivity index (χ0v) is 36.0. The third-order valence-corrected chi connectivity index (χ3v) is 11.7. The van der Waals surface area contributed by atoms with E-state index in [9.17, 15) is 4.39 Å². The molecule has 6 N–H and O–H groups in total. The van der Waals surface area contributed by atoms with Crippen molar-refractivity contribution in [2.45, 2.75) is 59.9 Å². The monoisotopic (exact) mass is 889 g/mol. The molecule has 0 radical (unpaired) electrons. The Morgan fingerprint density at radius 2 is 0.867 bits per heavy atom. The van der Waals surface area contributed by atoms with E-state index >= 15 is 0 Å². The van der Waals surface area contributed by atoms with Crippen molar-refractivity contribution >= 4 is 64.7 Å². The van der Waals surface area contributed by atoms with Crippen molar-refractivity contribution in [3.8, 4) is 34.5 Å². The second-order valence-electron chi connectivity index (χ2n) is 14.6. The van der Waals surface area contributed by atoms with Crippen LogP contribution < -0.4 is 47.8 Å². The molecule has 9 nitrogen and oxygen atoms in total. The van der Waals surface area contributed by atoms with Gasteiger partial charge in [0, 0.05) is 40.8 Å². The lowest BCUT2D eigenvalue weighted by atomic mass is 9.64. The topological polar surface area (TPSA) is 133 Å². The van der Waals surface area contributed by atoms with Crippen molar-refractivity contribution in [2.24, 2.45) is 17.2 Å². The highest BCUT2D eigenvalue weighted by Crippen LogP contribution is 2.30. The first kappa shape index (κ1) is 43.5. The average Bonchev–Trinajstić information content (AvgIpc) is 3.93. The van der Waals surface area contributed by atoms with Gasteiger partial charge in [0.05, 0.1) is 19.8 Å². The van der Waals surface area contributed by atoms with Crippen LogP contribution in [0.1, 0.15) is 33.4 Å². The molecule has 0 saturated heterocycles. The van der Waals surface area contributed by atoms with Gasteiger partial charge < -0.3 is 45.4 Å². The number of hydrogen-bond donors (Lipinski definition) is 3. The van der Waals surface area contributed by atoms with Gasteiger partial charge in [0.2, 0.25) is 0 Å². The van der Waals surface area contributed by atoms with E-state index in [1.807, 2.05) is 86.4 Å². The zero-order chi connectivity index (χ0) is 42.3. The highest BCUT2D eigenvalue weighted by atomic mass is 79.9. The summed E-state index contributed by atoms with van der Waals surface area (Å²) in [4.78, 5) is 0. The highest BCUT2D eigenvalue weighted by molar-refractivity contribution is 9.10. The van der Waals surface area contributed by atoms with Crippen LogP contribution in [-0.2, 0) is 53.4 Å². The van der Waals surface area contributed by atoms with Crippen molar-refractivity contribution in [1.82, 2.24) is 0 Å². The van der Waals surface area contributed by atoms with Crippen LogP contribution in [-0.4, -0.2) is 20.7 Å². The molecule has 0 atom stereocenters. The van der Waals surface area contributed by atoms with Crippen LogP contribution in [0, 0.1) is 5.82 Å². The van der Waals surface area contributed by atoms with Crippen molar-refractivity contribution < 1.29 is 32.6 Å². The first-order valence-corrected chi connectivity index (χ1v) is 20.9. The maximum atomic E-state index is 13.7. The minimum absolute atomic E-state index is 0.0740. The predicted molar refractivity (Wildman–Crippen MR) is 243 cm³/mol. The Kier molecular flexibility index (Phi) is 14.4. The predicted octanol–water partition coefficient (Wildman–Crippen LogP) is 8.44. The average molecular weight is 891 g/mol. The molecule has 3 heterocycles. The molecule has 6 aromatic carbocycles. The Morgan fingerprint density at radius 3 is 1.25 bits per heavy atom. The fourth-order valence-corrected chi connectivity index (χ4v) is 7.80. The van der Waals surface area contributed by atoms with E-state index in [2.05, 4.69) is 34.9 Å². The summed E-state index contributed by atoms with van der Waals surface area (Å²) in [5, 5.41) is 0.628. The molecule has 60 heavy (non-hydrogen) atoms. The Balaban J connectivity index is 0.000000136. The summed E-state index contributed by atoms with van der Waals surface area (Å²) in [6.07, 6.45) is 0. The first-order valence-electron chi connectivity index (χ1n) is 19.7. The number of halogens is 3. The number of ether oxygens (including phenoxy) is 3. The summed E-state index contributed by atoms with van der Waals surface area (Å²) in [5.41, 5.74) is 26.3. The van der Waals surface area contributed by atoms with E-state index in [0.717, 1.165) is 38.3 Å². The molecule has 0 saturated carbocycles. The molecule has 0 bridgehead atoms. The van der Waals surface area contributed by atoms with Gasteiger partial charge in [0.25, 0.3) is 0 Å². The van der Waals surface area contributed by atoms with Gasteiger partial charge in [-0.1, -0.05) is 84.4 Å². The molecule has 0 spiro atoms. The van der Waals surface area contributed by atoms with E-state index in [1.54, 1.807) is 18.2 Å². The van der Waals surface area contributed by atoms with Crippen LogP contribution >= 0.6 is 27.5 Å². The van der Waals surface area contributed by atoms with Gasteiger partial charge >= 0.3 is 20.7 Å². The summed E-state index contributed by atoms with van der Waals surface area (Å²) in [7, 11) is 0. The van der Waals surface area contributed by atoms with Crippen molar-refractivity contribution in [3.05, 3.63) is 158 Å². The Bertz CT molecular complexity index is 2220. The lowest BCUT2D eigenvalue weighted by Gasteiger charge is -2.09. The molecular weight excluding hydrogens is 845 g/mol. The van der Waals surface area contributed by atoms with Crippen molar-refractivity contribution in [1.29, 1.82) is 0 Å². The number of nitrogens with two attached hydrogens (primary N) is 3. The highest BCUT2D eigenvalue weighted by Gasteiger charge is 2.26. The molecular formula is C45H45B3BrClFN3O6. The van der Waals surface area contributed by atoms with Crippen LogP contribution in [0.2, 0.25) is 25.5 Å². The fourth-order valence-electron chi connectivity index (χ4n) is 7.03. The SMILES string of the molecule is CB1OCc2ccc(Oc3ccc(CN)c(Br)c3)cc21.CB1OCc2ccc(Oc3ccc(CN)c(Cl)c3)cc21.CB1OCc2ccc(Oc3ccc(CN)c(F)c3)cc21. The number of rotatable bonds is 9. The third kappa shape index (κ3) is 10.4. The van der Waals surface area contributed by atoms with Gasteiger partial charge in [-0.15, -0.1) is 0 Å². The van der Waals surface area contributed by atoms with E-state index in [-0.39, 0.29) is 33.1 Å². The molecule has 0 fully saturated rings. The lowest BCUT2D eigenvalue weighted by molar-refractivity contribution is 0.333. The molecule has 6 aromatic rings. The normalized spacial score (nSPS) is 13.4. The standard InChI is InChI=1S/C15H15BBrNO2.C15H15BClNO2.C15H15BFNO2/c3*1-16-14-6-12(5-3-11(14)9-19-16)20-13-4-2-10(8-18)15(17)7-13/h3*2-7H,8-9,18H2,1H3. The van der Waals surface area contributed by atoms with Gasteiger partial charge in [-0.3, -0.25) is 0 Å². The molecule has 9 rings (SSSR count). The molecule has 15 heteroatoms. The summed E-state index contributed by atoms with van der Waals surface area (Å²) in [6, 6.07) is 34.0. The van der Waals surface area contributed by atoms with Crippen molar-refractivity contribution in [3.63, 3.8) is 0 Å². The second kappa shape index (κ2) is 19.8. The maximum absolute atomic E-state index is 13.7. The quantitative estimate of drug-likeness (QED) is 0.122. The summed E-state index contributed by atoms with van der Waals surface area (Å²) in [5.74, 6) is 3.92. The molecule has 306 valence electrons. The largest absolute Gasteiger partial charge is 0.457 e. The van der Waals surface area contributed by atoms with Gasteiger partial charge in [0.1, 0.15) is 40.3 Å². The van der Waals surface area contributed by atoms with Crippen LogP contribution in [0.25, 0.3) is 0 Å². The van der Waals surface area contributed by atoms with Gasteiger partial charge in [0.15, 0.2) is 0 Å². The van der Waals surface area contributed by atoms with Gasteiger partial charge in [-0.05, 0) is 111 Å². The van der Waals surface area contributed by atoms with Crippen molar-refractivity contribution in [2.75, 3.05) is 0 Å². The fraction of sp³-hybridized carbons (Fsp3) is 0.200. The first-order chi connectivity index (χ1) is 29.0. The van der Waals surface area contributed by atoms with Crippen LogP contribution in [0.15, 0.2) is 114 Å². The zero-order valence-electron chi connectivity index (χ0n) is 33.7. The molecule has 3 aliphatic heterocycles. The summed E-state index contributed by atoms with van der Waals surface area (Å²) >= 11 is 9.63. The van der Waals surface area contributed by atoms with Crippen LogP contribution in [0.4, 0.5) is 4.39 Å². The Morgan fingerprint density at radius 1 is 0.517 bits per heavy atom. The van der Waals surface area contributed by atoms with E-state index < -0.39 is 0 Å². The molecule has 0 amide bonds. The smallest absolute Gasteiger partial charge is 0.324 e. The summed E-state index contributed by atoms with van der Waals surface area (Å²) < 4.78 is 48.8. The minimum Gasteiger partial charge on any atom is -0.457 e. The van der Waals surface area contributed by atoms with E-state index in [1.165, 1.54) is 33.7 Å². The van der Waals surface area contributed by atoms with Gasteiger partial charge in [-0.25, -0.2) is 4.39 Å². The Labute approximate surface area is 365 Å². The maximum Gasteiger partial charge on any atom is 0.324 e. The number of fused-ring (bicyclic) bond motifs is 3. The third-order valence-electron chi connectivity index (χ3n) is 10.6. The van der Waals surface area contributed by atoms with E-state index in [4.69, 9.17) is 57.0 Å². The lowest BCUT2D eigenvalue weighted by Crippen LogP contribution is -2.24. The van der Waals surface area contributed by atoms with Gasteiger partial charge in [-0.2, -0.15) is 0 Å². The number of hydrogen-bond acceptors (Lipinski definition) is 9. The van der Waals surface area contributed by atoms with Crippen LogP contribution in [0.5, 0.6) is 34.5 Å². The molecule has 0 unspecified atom stereocenters. The number of benzene rings is 6. The van der Waals surface area contributed by atoms with Crippen LogP contribution in [0.3, 0.4) is 0 Å². The second-order valence-corrected chi connectivity index (χ2v) is 15.9. The van der Waals surface area contributed by atoms with E-state index in [0.29, 0.717) is 60.7 Å². The molecule has 0 aromatic heterocycles. The summed E-state index contributed by atoms with van der Waals surface area (Å²) in [6.45, 7) is 9.55. The molecule has 3 aliphatic rings. The minimum atomic E-state index is -0.345. The Hall–Kier alpha value is -4.63.